The van der Waals surface area contributed by atoms with Gasteiger partial charge in [0.15, 0.2) is 5.78 Å². The van der Waals surface area contributed by atoms with Gasteiger partial charge >= 0.3 is 5.97 Å². The zero-order chi connectivity index (χ0) is 27.5. The molecule has 198 valence electrons. The maximum absolute atomic E-state index is 13.4. The summed E-state index contributed by atoms with van der Waals surface area (Å²) < 4.78 is 11.6. The Morgan fingerprint density at radius 1 is 0.676 bits per heavy atom. The highest BCUT2D eigenvalue weighted by Crippen LogP contribution is 2.35. The number of carbonyl (C=O) groups is 4. The van der Waals surface area contributed by atoms with E-state index in [1.807, 2.05) is 62.3 Å². The Balaban J connectivity index is 5.13. The molecule has 0 rings (SSSR count). The first-order chi connectivity index (χ1) is 14.8. The molecule has 0 amide bonds. The second-order valence-electron chi connectivity index (χ2n) is 13.7. The van der Waals surface area contributed by atoms with Gasteiger partial charge in [-0.05, 0) is 34.1 Å². The highest BCUT2D eigenvalue weighted by molar-refractivity contribution is 5.92. The first kappa shape index (κ1) is 32.4. The van der Waals surface area contributed by atoms with Crippen LogP contribution >= 0.6 is 0 Å². The molecule has 0 fully saturated rings. The summed E-state index contributed by atoms with van der Waals surface area (Å²) in [4.78, 5) is 50.8. The molecule has 2 atom stereocenters. The van der Waals surface area contributed by atoms with Gasteiger partial charge in [0.05, 0.1) is 13.0 Å². The van der Waals surface area contributed by atoms with Crippen LogP contribution < -0.4 is 0 Å². The molecule has 34 heavy (non-hydrogen) atoms. The van der Waals surface area contributed by atoms with E-state index in [2.05, 4.69) is 0 Å². The molecule has 0 aliphatic rings. The van der Waals surface area contributed by atoms with Gasteiger partial charge in [-0.15, -0.1) is 0 Å². The van der Waals surface area contributed by atoms with Crippen LogP contribution in [0.5, 0.6) is 0 Å². The maximum atomic E-state index is 13.4. The summed E-state index contributed by atoms with van der Waals surface area (Å²) in [7, 11) is 0. The Kier molecular flexibility index (Phi) is 10.5. The van der Waals surface area contributed by atoms with Crippen LogP contribution in [0.4, 0.5) is 0 Å². The molecule has 0 radical (unpaired) electrons. The summed E-state index contributed by atoms with van der Waals surface area (Å²) in [5.74, 6) is -1.16. The van der Waals surface area contributed by atoms with Gasteiger partial charge in [-0.2, -0.15) is 0 Å². The minimum Gasteiger partial charge on any atom is -0.457 e. The van der Waals surface area contributed by atoms with Gasteiger partial charge in [0.1, 0.15) is 22.8 Å². The molecule has 0 aliphatic heterocycles. The van der Waals surface area contributed by atoms with Gasteiger partial charge < -0.3 is 9.47 Å². The molecular weight excluding hydrogens is 432 g/mol. The van der Waals surface area contributed by atoms with Gasteiger partial charge in [0.2, 0.25) is 0 Å². The van der Waals surface area contributed by atoms with E-state index in [1.54, 1.807) is 34.6 Å². The highest BCUT2D eigenvalue weighted by Gasteiger charge is 2.43. The molecule has 0 aromatic carbocycles. The summed E-state index contributed by atoms with van der Waals surface area (Å²) in [5, 5.41) is 0. The molecule has 0 spiro atoms. The van der Waals surface area contributed by atoms with Crippen molar-refractivity contribution in [1.29, 1.82) is 0 Å². The maximum Gasteiger partial charge on any atom is 0.307 e. The van der Waals surface area contributed by atoms with Crippen LogP contribution in [0.3, 0.4) is 0 Å². The Hall–Kier alpha value is -1.56. The van der Waals surface area contributed by atoms with E-state index in [0.29, 0.717) is 6.42 Å². The number of rotatable bonds is 12. The van der Waals surface area contributed by atoms with Crippen LogP contribution in [0.15, 0.2) is 0 Å². The Labute approximate surface area is 207 Å². The number of ether oxygens (including phenoxy) is 2. The van der Waals surface area contributed by atoms with E-state index in [-0.39, 0.29) is 36.3 Å². The molecule has 2 unspecified atom stereocenters. The lowest BCUT2D eigenvalue weighted by atomic mass is 9.71. The number of esters is 1. The van der Waals surface area contributed by atoms with E-state index in [0.717, 1.165) is 0 Å². The second-order valence-corrected chi connectivity index (χ2v) is 13.7. The molecule has 0 saturated carbocycles. The van der Waals surface area contributed by atoms with Crippen molar-refractivity contribution in [2.75, 3.05) is 6.61 Å². The van der Waals surface area contributed by atoms with Crippen LogP contribution in [-0.4, -0.2) is 41.1 Å². The van der Waals surface area contributed by atoms with Crippen molar-refractivity contribution >= 4 is 23.3 Å². The zero-order valence-electron chi connectivity index (χ0n) is 24.2. The average molecular weight is 483 g/mol. The predicted octanol–water partition coefficient (Wildman–Crippen LogP) is 5.98. The van der Waals surface area contributed by atoms with Gasteiger partial charge in [-0.3, -0.25) is 19.2 Å². The van der Waals surface area contributed by atoms with Crippen molar-refractivity contribution in [3.8, 4) is 0 Å². The van der Waals surface area contributed by atoms with Gasteiger partial charge in [-0.25, -0.2) is 0 Å². The Bertz CT molecular complexity index is 759. The lowest BCUT2D eigenvalue weighted by Crippen LogP contribution is -2.48. The molecule has 0 heterocycles. The van der Waals surface area contributed by atoms with Crippen LogP contribution in [0.2, 0.25) is 0 Å². The molecule has 6 heteroatoms. The standard InChI is InChI=1S/C28H50O6/c1-18(21(30)24(3,4)5)15-20(29)34-27(11,12)17-33-28(13,14)23(32)26(9,10)16-19(2)22(31)25(6,7)8/h18-19H,15-17H2,1-14H3. The third-order valence-electron chi connectivity index (χ3n) is 6.00. The number of carbonyl (C=O) groups excluding carboxylic acids is 4. The van der Waals surface area contributed by atoms with Gasteiger partial charge in [-0.1, -0.05) is 69.2 Å². The van der Waals surface area contributed by atoms with E-state index < -0.39 is 39.3 Å². The molecule has 0 aromatic rings. The number of ketones is 3. The van der Waals surface area contributed by atoms with Crippen LogP contribution in [0.25, 0.3) is 0 Å². The van der Waals surface area contributed by atoms with Crippen LogP contribution in [0.1, 0.15) is 110 Å². The minimum absolute atomic E-state index is 0.00538. The SMILES string of the molecule is CC(CC(=O)OC(C)(C)COC(C)(C)C(=O)C(C)(C)CC(C)C(=O)C(C)(C)C)C(=O)C(C)(C)C. The van der Waals surface area contributed by atoms with Crippen molar-refractivity contribution in [1.82, 2.24) is 0 Å². The number of hydrogen-bond donors (Lipinski definition) is 0. The van der Waals surface area contributed by atoms with Crippen LogP contribution in [0, 0.1) is 28.1 Å². The smallest absolute Gasteiger partial charge is 0.307 e. The monoisotopic (exact) mass is 482 g/mol. The topological polar surface area (TPSA) is 86.7 Å². The van der Waals surface area contributed by atoms with Crippen LogP contribution in [-0.2, 0) is 28.7 Å². The van der Waals surface area contributed by atoms with Gasteiger partial charge in [0, 0.05) is 28.1 Å². The summed E-state index contributed by atoms with van der Waals surface area (Å²) in [6.07, 6.45) is 0.418. The number of hydrogen-bond acceptors (Lipinski definition) is 6. The Morgan fingerprint density at radius 2 is 1.09 bits per heavy atom. The molecule has 0 bridgehead atoms. The fourth-order valence-electron chi connectivity index (χ4n) is 4.39. The first-order valence-corrected chi connectivity index (χ1v) is 12.3. The number of Topliss-reactive ketones (excluding diaryl/α,β-unsaturated/α-hetero) is 3. The van der Waals surface area contributed by atoms with Gasteiger partial charge in [0.25, 0.3) is 0 Å². The molecule has 0 saturated heterocycles. The molecule has 6 nitrogen and oxygen atoms in total. The van der Waals surface area contributed by atoms with Crippen molar-refractivity contribution < 1.29 is 28.7 Å². The van der Waals surface area contributed by atoms with E-state index >= 15 is 0 Å². The van der Waals surface area contributed by atoms with E-state index in [9.17, 15) is 19.2 Å². The lowest BCUT2D eigenvalue weighted by molar-refractivity contribution is -0.175. The van der Waals surface area contributed by atoms with E-state index in [4.69, 9.17) is 9.47 Å². The molecule has 0 aromatic heterocycles. The van der Waals surface area contributed by atoms with Crippen molar-refractivity contribution in [3.63, 3.8) is 0 Å². The highest BCUT2D eigenvalue weighted by atomic mass is 16.6. The second kappa shape index (κ2) is 11.0. The summed E-state index contributed by atoms with van der Waals surface area (Å²) in [6, 6.07) is 0. The molecule has 0 aliphatic carbocycles. The van der Waals surface area contributed by atoms with Crippen molar-refractivity contribution in [2.24, 2.45) is 28.1 Å². The fourth-order valence-corrected chi connectivity index (χ4v) is 4.39. The third kappa shape index (κ3) is 9.97. The first-order valence-electron chi connectivity index (χ1n) is 12.3. The lowest BCUT2D eigenvalue weighted by Gasteiger charge is -2.37. The molecule has 0 N–H and O–H groups in total. The quantitative estimate of drug-likeness (QED) is 0.318. The Morgan fingerprint density at radius 3 is 1.50 bits per heavy atom. The normalized spacial score (nSPS) is 15.5. The molecular formula is C28H50O6. The zero-order valence-corrected chi connectivity index (χ0v) is 24.2. The average Bonchev–Trinajstić information content (AvgIpc) is 2.62. The predicted molar refractivity (Wildman–Crippen MR) is 135 cm³/mol. The fraction of sp³-hybridized carbons (Fsp3) is 0.857. The van der Waals surface area contributed by atoms with E-state index in [1.165, 1.54) is 0 Å². The third-order valence-corrected chi connectivity index (χ3v) is 6.00. The summed E-state index contributed by atoms with van der Waals surface area (Å²) >= 11 is 0. The minimum atomic E-state index is -1.13. The summed E-state index contributed by atoms with van der Waals surface area (Å²) in [5.41, 5.74) is -3.86. The van der Waals surface area contributed by atoms with Crippen molar-refractivity contribution in [3.05, 3.63) is 0 Å². The van der Waals surface area contributed by atoms with Crippen molar-refractivity contribution in [2.45, 2.75) is 121 Å². The summed E-state index contributed by atoms with van der Waals surface area (Å²) in [6.45, 7) is 25.3. The largest absolute Gasteiger partial charge is 0.457 e.